The van der Waals surface area contributed by atoms with Crippen molar-refractivity contribution in [3.63, 3.8) is 0 Å². The first-order valence-corrected chi connectivity index (χ1v) is 3.91. The van der Waals surface area contributed by atoms with E-state index in [9.17, 15) is 4.79 Å². The summed E-state index contributed by atoms with van der Waals surface area (Å²) in [6, 6.07) is 1.73. The van der Waals surface area contributed by atoms with Crippen LogP contribution >= 0.6 is 12.2 Å². The van der Waals surface area contributed by atoms with Crippen molar-refractivity contribution in [2.75, 3.05) is 0 Å². The number of carbonyl (C=O) groups is 1. The number of amides is 1. The van der Waals surface area contributed by atoms with Crippen molar-refractivity contribution in [2.45, 2.75) is 6.54 Å². The highest BCUT2D eigenvalue weighted by atomic mass is 32.1. The number of carbonyl (C=O) groups excluding carboxylic acids is 1. The lowest BCUT2D eigenvalue weighted by molar-refractivity contribution is -0.122. The van der Waals surface area contributed by atoms with Crippen molar-refractivity contribution in [3.8, 4) is 0 Å². The van der Waals surface area contributed by atoms with Crippen LogP contribution in [0.5, 0.6) is 0 Å². The predicted molar refractivity (Wildman–Crippen MR) is 50.3 cm³/mol. The summed E-state index contributed by atoms with van der Waals surface area (Å²) < 4.78 is 1.48. The second kappa shape index (κ2) is 4.41. The van der Waals surface area contributed by atoms with E-state index < -0.39 is 0 Å². The van der Waals surface area contributed by atoms with Crippen LogP contribution in [0.3, 0.4) is 0 Å². The molecule has 0 atom stereocenters. The zero-order valence-corrected chi connectivity index (χ0v) is 7.54. The minimum absolute atomic E-state index is 0.0221. The highest BCUT2D eigenvalue weighted by Crippen LogP contribution is 1.82. The molecule has 1 heterocycles. The third kappa shape index (κ3) is 3.52. The van der Waals surface area contributed by atoms with E-state index in [-0.39, 0.29) is 17.6 Å². The van der Waals surface area contributed by atoms with Crippen molar-refractivity contribution < 1.29 is 4.79 Å². The van der Waals surface area contributed by atoms with Crippen molar-refractivity contribution >= 4 is 23.2 Å². The third-order valence-corrected chi connectivity index (χ3v) is 1.29. The Balaban J connectivity index is 2.30. The van der Waals surface area contributed by atoms with Crippen LogP contribution in [-0.4, -0.2) is 20.8 Å². The number of thiocarbonyl (C=S) groups is 1. The third-order valence-electron chi connectivity index (χ3n) is 1.19. The topological polar surface area (TPSA) is 85.0 Å². The first-order valence-electron chi connectivity index (χ1n) is 3.50. The summed E-state index contributed by atoms with van der Waals surface area (Å²) >= 11 is 4.49. The fourth-order valence-corrected chi connectivity index (χ4v) is 0.763. The Morgan fingerprint density at radius 1 is 1.62 bits per heavy atom. The van der Waals surface area contributed by atoms with Crippen LogP contribution in [0.15, 0.2) is 18.5 Å². The Morgan fingerprint density at radius 2 is 2.38 bits per heavy atom. The molecule has 0 radical (unpaired) electrons. The van der Waals surface area contributed by atoms with Gasteiger partial charge in [-0.15, -0.1) is 0 Å². The Bertz CT molecular complexity index is 296. The van der Waals surface area contributed by atoms with Gasteiger partial charge in [-0.2, -0.15) is 5.10 Å². The molecule has 1 rings (SSSR count). The Kier molecular flexibility index (Phi) is 3.21. The van der Waals surface area contributed by atoms with Gasteiger partial charge in [-0.25, -0.2) is 0 Å². The van der Waals surface area contributed by atoms with Crippen molar-refractivity contribution in [1.82, 2.24) is 20.6 Å². The maximum absolute atomic E-state index is 11.1. The number of hydrogen-bond acceptors (Lipinski definition) is 3. The van der Waals surface area contributed by atoms with Gasteiger partial charge in [0.15, 0.2) is 5.11 Å². The molecular weight excluding hydrogens is 190 g/mol. The van der Waals surface area contributed by atoms with Gasteiger partial charge in [-0.1, -0.05) is 0 Å². The molecule has 0 aliphatic carbocycles. The second-order valence-electron chi connectivity index (χ2n) is 2.24. The SMILES string of the molecule is NC(=S)NNC(=O)Cn1cccn1. The molecule has 0 saturated carbocycles. The number of nitrogens with zero attached hydrogens (tertiary/aromatic N) is 2. The number of hydrogen-bond donors (Lipinski definition) is 3. The van der Waals surface area contributed by atoms with Crippen LogP contribution in [-0.2, 0) is 11.3 Å². The minimum atomic E-state index is -0.267. The number of hydrazine groups is 1. The van der Waals surface area contributed by atoms with Crippen LogP contribution in [0.1, 0.15) is 0 Å². The van der Waals surface area contributed by atoms with Crippen LogP contribution in [0.4, 0.5) is 0 Å². The zero-order valence-electron chi connectivity index (χ0n) is 6.73. The first-order chi connectivity index (χ1) is 6.18. The number of aromatic nitrogens is 2. The largest absolute Gasteiger partial charge is 0.375 e. The lowest BCUT2D eigenvalue weighted by Gasteiger charge is -2.05. The summed E-state index contributed by atoms with van der Waals surface area (Å²) in [5.41, 5.74) is 9.73. The lowest BCUT2D eigenvalue weighted by Crippen LogP contribution is -2.45. The van der Waals surface area contributed by atoms with Gasteiger partial charge in [0.1, 0.15) is 6.54 Å². The zero-order chi connectivity index (χ0) is 9.68. The monoisotopic (exact) mass is 199 g/mol. The van der Waals surface area contributed by atoms with Gasteiger partial charge in [0, 0.05) is 12.4 Å². The molecule has 1 aromatic heterocycles. The van der Waals surface area contributed by atoms with E-state index in [4.69, 9.17) is 5.73 Å². The van der Waals surface area contributed by atoms with E-state index in [0.29, 0.717) is 0 Å². The molecule has 0 aliphatic heterocycles. The van der Waals surface area contributed by atoms with Gasteiger partial charge in [0.05, 0.1) is 0 Å². The molecule has 7 heteroatoms. The minimum Gasteiger partial charge on any atom is -0.375 e. The number of rotatable bonds is 2. The van der Waals surface area contributed by atoms with Crippen molar-refractivity contribution in [1.29, 1.82) is 0 Å². The fourth-order valence-electron chi connectivity index (χ4n) is 0.712. The van der Waals surface area contributed by atoms with E-state index in [1.165, 1.54) is 4.68 Å². The Labute approximate surface area is 80.1 Å². The summed E-state index contributed by atoms with van der Waals surface area (Å²) in [7, 11) is 0. The summed E-state index contributed by atoms with van der Waals surface area (Å²) in [4.78, 5) is 11.1. The quantitative estimate of drug-likeness (QED) is 0.409. The highest BCUT2D eigenvalue weighted by Gasteiger charge is 2.00. The Morgan fingerprint density at radius 3 is 2.92 bits per heavy atom. The molecule has 6 nitrogen and oxygen atoms in total. The molecule has 0 saturated heterocycles. The van der Waals surface area contributed by atoms with Gasteiger partial charge in [-0.05, 0) is 18.3 Å². The summed E-state index contributed by atoms with van der Waals surface area (Å²) in [5, 5.41) is 3.87. The smallest absolute Gasteiger partial charge is 0.260 e. The molecule has 0 spiro atoms. The summed E-state index contributed by atoms with van der Waals surface area (Å²) in [5.74, 6) is -0.267. The lowest BCUT2D eigenvalue weighted by atomic mass is 10.6. The van der Waals surface area contributed by atoms with Gasteiger partial charge < -0.3 is 5.73 Å². The molecule has 4 N–H and O–H groups in total. The van der Waals surface area contributed by atoms with E-state index in [1.807, 2.05) is 0 Å². The van der Waals surface area contributed by atoms with Gasteiger partial charge >= 0.3 is 0 Å². The first kappa shape index (κ1) is 9.46. The van der Waals surface area contributed by atoms with Gasteiger partial charge in [-0.3, -0.25) is 20.3 Å². The molecule has 1 amide bonds. The van der Waals surface area contributed by atoms with Crippen LogP contribution < -0.4 is 16.6 Å². The number of nitrogens with one attached hydrogen (secondary N) is 2. The molecule has 0 aromatic carbocycles. The average Bonchev–Trinajstić information content (AvgIpc) is 2.53. The molecular formula is C6H9N5OS. The van der Waals surface area contributed by atoms with Gasteiger partial charge in [0.2, 0.25) is 0 Å². The Hall–Kier alpha value is -1.63. The maximum atomic E-state index is 11.1. The van der Waals surface area contributed by atoms with Crippen LogP contribution in [0, 0.1) is 0 Å². The normalized spacial score (nSPS) is 9.23. The van der Waals surface area contributed by atoms with E-state index in [1.54, 1.807) is 18.5 Å². The molecule has 70 valence electrons. The maximum Gasteiger partial charge on any atom is 0.260 e. The fraction of sp³-hybridized carbons (Fsp3) is 0.167. The molecule has 0 unspecified atom stereocenters. The van der Waals surface area contributed by atoms with E-state index in [0.717, 1.165) is 0 Å². The molecule has 0 bridgehead atoms. The second-order valence-corrected chi connectivity index (χ2v) is 2.68. The van der Waals surface area contributed by atoms with Crippen molar-refractivity contribution in [3.05, 3.63) is 18.5 Å². The molecule has 1 aromatic rings. The van der Waals surface area contributed by atoms with E-state index in [2.05, 4.69) is 28.2 Å². The molecule has 0 aliphatic rings. The molecule has 13 heavy (non-hydrogen) atoms. The highest BCUT2D eigenvalue weighted by molar-refractivity contribution is 7.80. The molecule has 0 fully saturated rings. The van der Waals surface area contributed by atoms with Crippen LogP contribution in [0.25, 0.3) is 0 Å². The van der Waals surface area contributed by atoms with E-state index >= 15 is 0 Å². The summed E-state index contributed by atoms with van der Waals surface area (Å²) in [6.45, 7) is 0.128. The number of nitrogens with two attached hydrogens (primary N) is 1. The standard InChI is InChI=1S/C6H9N5OS/c7-6(13)10-9-5(12)4-11-3-1-2-8-11/h1-3H,4H2,(H,9,12)(H3,7,10,13). The van der Waals surface area contributed by atoms with Gasteiger partial charge in [0.25, 0.3) is 5.91 Å². The predicted octanol–water partition coefficient (Wildman–Crippen LogP) is -1.25. The summed E-state index contributed by atoms with van der Waals surface area (Å²) in [6.07, 6.45) is 3.27. The average molecular weight is 199 g/mol. The van der Waals surface area contributed by atoms with Crippen molar-refractivity contribution in [2.24, 2.45) is 5.73 Å². The van der Waals surface area contributed by atoms with Crippen LogP contribution in [0.2, 0.25) is 0 Å².